The van der Waals surface area contributed by atoms with E-state index in [9.17, 15) is 9.59 Å². The molecule has 1 saturated carbocycles. The van der Waals surface area contributed by atoms with Gasteiger partial charge in [0.25, 0.3) is 0 Å². The molecule has 1 aliphatic rings. The van der Waals surface area contributed by atoms with Gasteiger partial charge in [-0.25, -0.2) is 0 Å². The van der Waals surface area contributed by atoms with Gasteiger partial charge in [0.2, 0.25) is 5.91 Å². The molecule has 5 nitrogen and oxygen atoms in total. The molecule has 0 spiro atoms. The van der Waals surface area contributed by atoms with E-state index in [1.807, 2.05) is 0 Å². The first-order valence-corrected chi connectivity index (χ1v) is 6.63. The van der Waals surface area contributed by atoms with Crippen LogP contribution in [0.15, 0.2) is 0 Å². The van der Waals surface area contributed by atoms with Gasteiger partial charge < -0.3 is 15.2 Å². The molecule has 0 saturated heterocycles. The molecular formula is C13H23NO4. The predicted molar refractivity (Wildman–Crippen MR) is 67.3 cm³/mol. The summed E-state index contributed by atoms with van der Waals surface area (Å²) in [6, 6.07) is 0. The Morgan fingerprint density at radius 2 is 2.06 bits per heavy atom. The zero-order valence-corrected chi connectivity index (χ0v) is 11.0. The van der Waals surface area contributed by atoms with E-state index in [2.05, 4.69) is 5.32 Å². The Hall–Kier alpha value is -1.10. The molecule has 1 aliphatic carbocycles. The number of ether oxygens (including phenoxy) is 1. The van der Waals surface area contributed by atoms with Crippen molar-refractivity contribution < 1.29 is 19.4 Å². The van der Waals surface area contributed by atoms with Crippen LogP contribution >= 0.6 is 0 Å². The van der Waals surface area contributed by atoms with E-state index in [0.29, 0.717) is 12.3 Å². The van der Waals surface area contributed by atoms with Crippen LogP contribution in [0.3, 0.4) is 0 Å². The molecule has 0 bridgehead atoms. The standard InChI is InChI=1S/C13H23NO4/c1-18-11(8-13(16)17)9-14-12(15)7-6-10-4-2-3-5-10/h10-11H,2-9H2,1H3,(H,14,15)(H,16,17). The molecule has 0 aromatic rings. The van der Waals surface area contributed by atoms with E-state index in [1.54, 1.807) is 0 Å². The van der Waals surface area contributed by atoms with Crippen LogP contribution in [0.4, 0.5) is 0 Å². The SMILES string of the molecule is COC(CNC(=O)CCC1CCCC1)CC(=O)O. The third-order valence-corrected chi connectivity index (χ3v) is 3.52. The van der Waals surface area contributed by atoms with Crippen LogP contribution in [0.25, 0.3) is 0 Å². The number of rotatable bonds is 8. The van der Waals surface area contributed by atoms with E-state index in [-0.39, 0.29) is 18.9 Å². The molecule has 104 valence electrons. The number of hydrogen-bond donors (Lipinski definition) is 2. The lowest BCUT2D eigenvalue weighted by atomic mass is 10.0. The molecule has 1 rings (SSSR count). The van der Waals surface area contributed by atoms with E-state index in [0.717, 1.165) is 6.42 Å². The van der Waals surface area contributed by atoms with Crippen molar-refractivity contribution in [2.45, 2.75) is 51.0 Å². The average Bonchev–Trinajstić information content (AvgIpc) is 2.84. The van der Waals surface area contributed by atoms with Crippen LogP contribution in [0.1, 0.15) is 44.9 Å². The predicted octanol–water partition coefficient (Wildman–Crippen LogP) is 1.56. The summed E-state index contributed by atoms with van der Waals surface area (Å²) in [7, 11) is 1.46. The lowest BCUT2D eigenvalue weighted by Crippen LogP contribution is -2.34. The molecule has 1 unspecified atom stereocenters. The highest BCUT2D eigenvalue weighted by molar-refractivity contribution is 5.76. The minimum Gasteiger partial charge on any atom is -0.481 e. The normalized spacial score (nSPS) is 17.6. The van der Waals surface area contributed by atoms with Crippen LogP contribution in [0.5, 0.6) is 0 Å². The molecular weight excluding hydrogens is 234 g/mol. The molecule has 0 radical (unpaired) electrons. The number of carbonyl (C=O) groups is 2. The first-order chi connectivity index (χ1) is 8.61. The Balaban J connectivity index is 2.12. The number of carbonyl (C=O) groups excluding carboxylic acids is 1. The van der Waals surface area contributed by atoms with Crippen molar-refractivity contribution in [2.75, 3.05) is 13.7 Å². The highest BCUT2D eigenvalue weighted by Gasteiger charge is 2.17. The Labute approximate surface area is 108 Å². The van der Waals surface area contributed by atoms with E-state index in [1.165, 1.54) is 32.8 Å². The van der Waals surface area contributed by atoms with Gasteiger partial charge in [0.05, 0.1) is 12.5 Å². The lowest BCUT2D eigenvalue weighted by molar-refractivity contribution is -0.140. The van der Waals surface area contributed by atoms with Crippen molar-refractivity contribution in [3.63, 3.8) is 0 Å². The maximum Gasteiger partial charge on any atom is 0.306 e. The van der Waals surface area contributed by atoms with Gasteiger partial charge in [0.1, 0.15) is 0 Å². The third kappa shape index (κ3) is 6.00. The van der Waals surface area contributed by atoms with Gasteiger partial charge in [-0.05, 0) is 12.3 Å². The molecule has 2 N–H and O–H groups in total. The zero-order chi connectivity index (χ0) is 13.4. The van der Waals surface area contributed by atoms with E-state index >= 15 is 0 Å². The number of carboxylic acid groups (broad SMARTS) is 1. The van der Waals surface area contributed by atoms with Crippen molar-refractivity contribution in [2.24, 2.45) is 5.92 Å². The van der Waals surface area contributed by atoms with E-state index in [4.69, 9.17) is 9.84 Å². The Morgan fingerprint density at radius 1 is 1.39 bits per heavy atom. The lowest BCUT2D eigenvalue weighted by Gasteiger charge is -2.14. The van der Waals surface area contributed by atoms with Gasteiger partial charge in [-0.1, -0.05) is 25.7 Å². The Morgan fingerprint density at radius 3 is 2.61 bits per heavy atom. The van der Waals surface area contributed by atoms with Crippen molar-refractivity contribution in [1.29, 1.82) is 0 Å². The fourth-order valence-corrected chi connectivity index (χ4v) is 2.38. The van der Waals surface area contributed by atoms with Crippen LogP contribution in [-0.2, 0) is 14.3 Å². The summed E-state index contributed by atoms with van der Waals surface area (Å²) in [6.45, 7) is 0.270. The Kier molecular flexibility index (Phi) is 6.72. The summed E-state index contributed by atoms with van der Waals surface area (Å²) in [5.74, 6) is -0.218. The molecule has 1 fully saturated rings. The smallest absolute Gasteiger partial charge is 0.306 e. The average molecular weight is 257 g/mol. The third-order valence-electron chi connectivity index (χ3n) is 3.52. The highest BCUT2D eigenvalue weighted by atomic mass is 16.5. The van der Waals surface area contributed by atoms with E-state index < -0.39 is 12.1 Å². The van der Waals surface area contributed by atoms with Gasteiger partial charge in [-0.3, -0.25) is 9.59 Å². The number of amides is 1. The summed E-state index contributed by atoms with van der Waals surface area (Å²) in [5.41, 5.74) is 0. The fraction of sp³-hybridized carbons (Fsp3) is 0.846. The summed E-state index contributed by atoms with van der Waals surface area (Å²) in [6.07, 6.45) is 6.02. The topological polar surface area (TPSA) is 75.6 Å². The van der Waals surface area contributed by atoms with Crippen LogP contribution in [0, 0.1) is 5.92 Å². The Bertz CT molecular complexity index is 274. The number of aliphatic carboxylic acids is 1. The molecule has 5 heteroatoms. The van der Waals surface area contributed by atoms with Gasteiger partial charge in [0, 0.05) is 20.1 Å². The first kappa shape index (κ1) is 15.0. The second kappa shape index (κ2) is 8.08. The molecule has 1 atom stereocenters. The van der Waals surface area contributed by atoms with Crippen molar-refractivity contribution >= 4 is 11.9 Å². The van der Waals surface area contributed by atoms with Crippen LogP contribution in [0.2, 0.25) is 0 Å². The fourth-order valence-electron chi connectivity index (χ4n) is 2.38. The molecule has 0 aliphatic heterocycles. The minimum absolute atomic E-state index is 0.00524. The van der Waals surface area contributed by atoms with Crippen molar-refractivity contribution in [3.8, 4) is 0 Å². The summed E-state index contributed by atoms with van der Waals surface area (Å²) in [4.78, 5) is 22.1. The van der Waals surface area contributed by atoms with Gasteiger partial charge >= 0.3 is 5.97 Å². The number of hydrogen-bond acceptors (Lipinski definition) is 3. The van der Waals surface area contributed by atoms with Crippen molar-refractivity contribution in [1.82, 2.24) is 5.32 Å². The van der Waals surface area contributed by atoms with Gasteiger partial charge in [0.15, 0.2) is 0 Å². The maximum absolute atomic E-state index is 11.6. The largest absolute Gasteiger partial charge is 0.481 e. The summed E-state index contributed by atoms with van der Waals surface area (Å²) < 4.78 is 4.99. The highest BCUT2D eigenvalue weighted by Crippen LogP contribution is 2.28. The summed E-state index contributed by atoms with van der Waals surface area (Å²) in [5, 5.41) is 11.4. The molecule has 0 aromatic heterocycles. The molecule has 0 heterocycles. The number of nitrogens with one attached hydrogen (secondary N) is 1. The number of carboxylic acids is 1. The number of methoxy groups -OCH3 is 1. The molecule has 1 amide bonds. The zero-order valence-electron chi connectivity index (χ0n) is 11.0. The van der Waals surface area contributed by atoms with Gasteiger partial charge in [-0.2, -0.15) is 0 Å². The molecule has 18 heavy (non-hydrogen) atoms. The van der Waals surface area contributed by atoms with Crippen LogP contribution in [-0.4, -0.2) is 36.7 Å². The van der Waals surface area contributed by atoms with Gasteiger partial charge in [-0.15, -0.1) is 0 Å². The first-order valence-electron chi connectivity index (χ1n) is 6.63. The second-order valence-electron chi connectivity index (χ2n) is 4.95. The van der Waals surface area contributed by atoms with Crippen molar-refractivity contribution in [3.05, 3.63) is 0 Å². The molecule has 0 aromatic carbocycles. The maximum atomic E-state index is 11.6. The second-order valence-corrected chi connectivity index (χ2v) is 4.95. The summed E-state index contributed by atoms with van der Waals surface area (Å²) >= 11 is 0. The quantitative estimate of drug-likeness (QED) is 0.692. The minimum atomic E-state index is -0.915. The monoisotopic (exact) mass is 257 g/mol. The van der Waals surface area contributed by atoms with Crippen LogP contribution < -0.4 is 5.32 Å².